The van der Waals surface area contributed by atoms with Crippen LogP contribution in [0.4, 0.5) is 0 Å². The lowest BCUT2D eigenvalue weighted by atomic mass is 9.81. The predicted molar refractivity (Wildman–Crippen MR) is 96.0 cm³/mol. The lowest BCUT2D eigenvalue weighted by Gasteiger charge is -2.28. The van der Waals surface area contributed by atoms with Crippen molar-refractivity contribution in [3.63, 3.8) is 0 Å². The van der Waals surface area contributed by atoms with Crippen molar-refractivity contribution in [1.29, 1.82) is 0 Å². The van der Waals surface area contributed by atoms with Crippen LogP contribution in [0.15, 0.2) is 51.7 Å². The van der Waals surface area contributed by atoms with E-state index in [1.165, 1.54) is 0 Å². The van der Waals surface area contributed by atoms with Crippen LogP contribution in [0.5, 0.6) is 0 Å². The van der Waals surface area contributed by atoms with Gasteiger partial charge >= 0.3 is 11.9 Å². The van der Waals surface area contributed by atoms with E-state index in [2.05, 4.69) is 12.2 Å². The molecule has 1 N–H and O–H groups in total. The van der Waals surface area contributed by atoms with E-state index in [9.17, 15) is 9.59 Å². The van der Waals surface area contributed by atoms with Gasteiger partial charge in [-0.25, -0.2) is 9.59 Å². The number of cyclic esters (lactones) is 1. The van der Waals surface area contributed by atoms with Crippen molar-refractivity contribution in [1.82, 2.24) is 5.32 Å². The quantitative estimate of drug-likeness (QED) is 0.644. The topological polar surface area (TPSA) is 64.6 Å². The standard InChI is InChI=1S/C19H21NO4S/c1-4-23-18(21)15-11(3)20-13-10-24-19(22)17(13)16(15)12-8-6-7-9-14(12)25-5-2/h6-9,16,20H,4-5,10H2,1-3H3. The van der Waals surface area contributed by atoms with E-state index in [1.807, 2.05) is 31.2 Å². The first-order valence-corrected chi connectivity index (χ1v) is 9.33. The fourth-order valence-corrected chi connectivity index (χ4v) is 4.10. The number of rotatable bonds is 5. The number of hydrogen-bond donors (Lipinski definition) is 1. The van der Waals surface area contributed by atoms with Gasteiger partial charge in [0.25, 0.3) is 0 Å². The van der Waals surface area contributed by atoms with Gasteiger partial charge in [-0.1, -0.05) is 25.1 Å². The van der Waals surface area contributed by atoms with Gasteiger partial charge in [0.1, 0.15) is 6.61 Å². The Bertz CT molecular complexity index is 781. The molecular weight excluding hydrogens is 338 g/mol. The first kappa shape index (κ1) is 17.6. The number of dihydropyridines is 1. The highest BCUT2D eigenvalue weighted by Gasteiger charge is 2.42. The van der Waals surface area contributed by atoms with Gasteiger partial charge in [-0.05, 0) is 31.2 Å². The molecule has 0 spiro atoms. The minimum Gasteiger partial charge on any atom is -0.463 e. The van der Waals surface area contributed by atoms with Crippen molar-refractivity contribution in [2.75, 3.05) is 19.0 Å². The number of carbonyl (C=O) groups is 2. The summed E-state index contributed by atoms with van der Waals surface area (Å²) in [5, 5.41) is 3.16. The molecule has 3 rings (SSSR count). The molecule has 0 saturated heterocycles. The average Bonchev–Trinajstić information content (AvgIpc) is 2.95. The van der Waals surface area contributed by atoms with E-state index in [0.29, 0.717) is 16.8 Å². The first-order chi connectivity index (χ1) is 12.1. The Hall–Kier alpha value is -2.21. The summed E-state index contributed by atoms with van der Waals surface area (Å²) in [6.45, 7) is 6.17. The van der Waals surface area contributed by atoms with Crippen molar-refractivity contribution in [2.45, 2.75) is 31.6 Å². The molecule has 0 aliphatic carbocycles. The zero-order chi connectivity index (χ0) is 18.0. The summed E-state index contributed by atoms with van der Waals surface area (Å²) in [6, 6.07) is 7.88. The number of allylic oxidation sites excluding steroid dienone is 1. The highest BCUT2D eigenvalue weighted by molar-refractivity contribution is 7.99. The minimum absolute atomic E-state index is 0.210. The molecule has 1 aromatic carbocycles. The van der Waals surface area contributed by atoms with Crippen molar-refractivity contribution in [3.8, 4) is 0 Å². The molecule has 2 heterocycles. The van der Waals surface area contributed by atoms with Gasteiger partial charge in [-0.15, -0.1) is 11.8 Å². The van der Waals surface area contributed by atoms with Crippen LogP contribution in [0, 0.1) is 0 Å². The zero-order valence-corrected chi connectivity index (χ0v) is 15.4. The van der Waals surface area contributed by atoms with E-state index in [0.717, 1.165) is 21.9 Å². The van der Waals surface area contributed by atoms with Gasteiger partial charge in [0.05, 0.1) is 29.4 Å². The largest absolute Gasteiger partial charge is 0.463 e. The van der Waals surface area contributed by atoms with E-state index in [4.69, 9.17) is 9.47 Å². The fourth-order valence-electron chi connectivity index (χ4n) is 3.26. The molecule has 5 nitrogen and oxygen atoms in total. The molecule has 1 aromatic rings. The fraction of sp³-hybridized carbons (Fsp3) is 0.368. The monoisotopic (exact) mass is 359 g/mol. The summed E-state index contributed by atoms with van der Waals surface area (Å²) in [7, 11) is 0. The Morgan fingerprint density at radius 3 is 2.84 bits per heavy atom. The van der Waals surface area contributed by atoms with Crippen LogP contribution in [0.2, 0.25) is 0 Å². The lowest BCUT2D eigenvalue weighted by molar-refractivity contribution is -0.138. The van der Waals surface area contributed by atoms with E-state index >= 15 is 0 Å². The van der Waals surface area contributed by atoms with Gasteiger partial charge in [0.15, 0.2) is 0 Å². The summed E-state index contributed by atoms with van der Waals surface area (Å²) in [4.78, 5) is 26.1. The molecule has 6 heteroatoms. The number of nitrogens with one attached hydrogen (secondary N) is 1. The number of esters is 2. The summed E-state index contributed by atoms with van der Waals surface area (Å²) >= 11 is 1.69. The Labute approximate surface area is 151 Å². The zero-order valence-electron chi connectivity index (χ0n) is 14.5. The minimum atomic E-state index is -0.472. The van der Waals surface area contributed by atoms with Gasteiger partial charge < -0.3 is 14.8 Å². The summed E-state index contributed by atoms with van der Waals surface area (Å²) in [5.74, 6) is -0.353. The second-order valence-electron chi connectivity index (χ2n) is 5.76. The molecule has 0 bridgehead atoms. The normalized spacial score (nSPS) is 19.5. The molecule has 0 amide bonds. The second kappa shape index (κ2) is 7.35. The summed E-state index contributed by atoms with van der Waals surface area (Å²) < 4.78 is 10.5. The van der Waals surface area contributed by atoms with Gasteiger partial charge in [-0.2, -0.15) is 0 Å². The van der Waals surface area contributed by atoms with Crippen molar-refractivity contribution < 1.29 is 19.1 Å². The number of carbonyl (C=O) groups excluding carboxylic acids is 2. The molecule has 0 saturated carbocycles. The molecular formula is C19H21NO4S. The molecule has 1 unspecified atom stereocenters. The number of ether oxygens (including phenoxy) is 2. The Morgan fingerprint density at radius 1 is 1.36 bits per heavy atom. The van der Waals surface area contributed by atoms with E-state index < -0.39 is 11.9 Å². The number of hydrogen-bond acceptors (Lipinski definition) is 6. The Morgan fingerprint density at radius 2 is 2.12 bits per heavy atom. The van der Waals surface area contributed by atoms with Gasteiger partial charge in [-0.3, -0.25) is 0 Å². The van der Waals surface area contributed by atoms with Crippen LogP contribution in [0.3, 0.4) is 0 Å². The number of benzene rings is 1. The highest BCUT2D eigenvalue weighted by Crippen LogP contribution is 2.44. The summed E-state index contributed by atoms with van der Waals surface area (Å²) in [5.41, 5.74) is 3.36. The second-order valence-corrected chi connectivity index (χ2v) is 7.06. The van der Waals surface area contributed by atoms with Crippen LogP contribution in [0.1, 0.15) is 32.3 Å². The van der Waals surface area contributed by atoms with Crippen molar-refractivity contribution in [2.24, 2.45) is 0 Å². The third kappa shape index (κ3) is 3.18. The first-order valence-electron chi connectivity index (χ1n) is 8.35. The van der Waals surface area contributed by atoms with Crippen molar-refractivity contribution >= 4 is 23.7 Å². The Kier molecular flexibility index (Phi) is 5.18. The molecule has 0 radical (unpaired) electrons. The Balaban J connectivity index is 2.17. The van der Waals surface area contributed by atoms with Crippen molar-refractivity contribution in [3.05, 3.63) is 52.4 Å². The van der Waals surface area contributed by atoms with Gasteiger partial charge in [0.2, 0.25) is 0 Å². The molecule has 2 aliphatic heterocycles. The van der Waals surface area contributed by atoms with Crippen LogP contribution in [-0.2, 0) is 19.1 Å². The summed E-state index contributed by atoms with van der Waals surface area (Å²) in [6.07, 6.45) is 0. The van der Waals surface area contributed by atoms with Crippen LogP contribution < -0.4 is 5.32 Å². The predicted octanol–water partition coefficient (Wildman–Crippen LogP) is 3.13. The van der Waals surface area contributed by atoms with Crippen LogP contribution >= 0.6 is 11.8 Å². The van der Waals surface area contributed by atoms with Crippen LogP contribution in [0.25, 0.3) is 0 Å². The number of thioether (sulfide) groups is 1. The maximum Gasteiger partial charge on any atom is 0.337 e. The third-order valence-corrected chi connectivity index (χ3v) is 5.21. The average molecular weight is 359 g/mol. The SMILES string of the molecule is CCOC(=O)C1=C(C)NC2=C(C(=O)OC2)C1c1ccccc1SCC. The van der Waals surface area contributed by atoms with Crippen LogP contribution in [-0.4, -0.2) is 30.9 Å². The molecule has 1 atom stereocenters. The van der Waals surface area contributed by atoms with Gasteiger partial charge in [0, 0.05) is 10.6 Å². The maximum absolute atomic E-state index is 12.7. The molecule has 0 fully saturated rings. The van der Waals surface area contributed by atoms with E-state index in [1.54, 1.807) is 18.7 Å². The highest BCUT2D eigenvalue weighted by atomic mass is 32.2. The molecule has 132 valence electrons. The van der Waals surface area contributed by atoms with E-state index in [-0.39, 0.29) is 19.2 Å². The smallest absolute Gasteiger partial charge is 0.337 e. The maximum atomic E-state index is 12.7. The lowest BCUT2D eigenvalue weighted by Crippen LogP contribution is -2.30. The third-order valence-electron chi connectivity index (χ3n) is 4.24. The molecule has 2 aliphatic rings. The molecule has 0 aromatic heterocycles. The molecule has 25 heavy (non-hydrogen) atoms.